The van der Waals surface area contributed by atoms with Crippen molar-refractivity contribution in [1.82, 2.24) is 4.90 Å². The number of nitrogens with two attached hydrogens (primary N) is 1. The van der Waals surface area contributed by atoms with Crippen molar-refractivity contribution in [3.63, 3.8) is 0 Å². The third kappa shape index (κ3) is 2.94. The fraction of sp³-hybridized carbons (Fsp3) is 0.615. The Hall–Kier alpha value is -0.710. The van der Waals surface area contributed by atoms with Crippen molar-refractivity contribution in [2.75, 3.05) is 6.54 Å². The average molecular weight is 252 g/mol. The minimum atomic E-state index is 0.159. The molecule has 1 saturated heterocycles. The number of hydrogen-bond donors (Lipinski definition) is 1. The van der Waals surface area contributed by atoms with Gasteiger partial charge < -0.3 is 5.73 Å². The van der Waals surface area contributed by atoms with Crippen LogP contribution in [0, 0.1) is 0 Å². The van der Waals surface area contributed by atoms with Gasteiger partial charge in [0.1, 0.15) is 0 Å². The molecular weight excluding hydrogens is 232 g/mol. The fourth-order valence-corrected chi connectivity index (χ4v) is 3.42. The van der Waals surface area contributed by atoms with Crippen LogP contribution in [0.2, 0.25) is 0 Å². The quantitative estimate of drug-likeness (QED) is 0.836. The predicted molar refractivity (Wildman–Crippen MR) is 71.4 cm³/mol. The van der Waals surface area contributed by atoms with Gasteiger partial charge in [-0.1, -0.05) is 0 Å². The zero-order valence-electron chi connectivity index (χ0n) is 10.5. The highest BCUT2D eigenvalue weighted by Gasteiger charge is 2.27. The number of rotatable bonds is 4. The zero-order valence-corrected chi connectivity index (χ0v) is 11.3. The number of likely N-dealkylation sites (tertiary alicyclic amines) is 1. The minimum Gasteiger partial charge on any atom is -0.327 e. The van der Waals surface area contributed by atoms with E-state index in [-0.39, 0.29) is 11.8 Å². The maximum Gasteiger partial charge on any atom is 0.169 e. The Bertz CT molecular complexity index is 400. The van der Waals surface area contributed by atoms with Gasteiger partial charge in [0, 0.05) is 23.5 Å². The van der Waals surface area contributed by atoms with Crippen molar-refractivity contribution >= 4 is 17.1 Å². The second kappa shape index (κ2) is 5.29. The van der Waals surface area contributed by atoms with Crippen molar-refractivity contribution in [3.05, 3.63) is 21.9 Å². The van der Waals surface area contributed by atoms with Crippen LogP contribution in [0.1, 0.15) is 41.2 Å². The highest BCUT2D eigenvalue weighted by atomic mass is 32.1. The molecule has 0 unspecified atom stereocenters. The van der Waals surface area contributed by atoms with E-state index in [1.807, 2.05) is 6.07 Å². The fourth-order valence-electron chi connectivity index (χ4n) is 2.50. The molecule has 4 heteroatoms. The predicted octanol–water partition coefficient (Wildman–Crippen LogP) is 2.26. The van der Waals surface area contributed by atoms with Crippen LogP contribution in [0.3, 0.4) is 0 Å². The molecule has 2 rings (SSSR count). The lowest BCUT2D eigenvalue weighted by atomic mass is 10.1. The van der Waals surface area contributed by atoms with Crippen molar-refractivity contribution in [3.8, 4) is 0 Å². The minimum absolute atomic E-state index is 0.159. The van der Waals surface area contributed by atoms with Gasteiger partial charge in [-0.15, -0.1) is 11.3 Å². The number of carbonyl (C=O) groups is 1. The summed E-state index contributed by atoms with van der Waals surface area (Å²) in [4.78, 5) is 15.8. The lowest BCUT2D eigenvalue weighted by Crippen LogP contribution is -2.41. The highest BCUT2D eigenvalue weighted by molar-refractivity contribution is 7.14. The zero-order chi connectivity index (χ0) is 12.4. The molecule has 1 aromatic rings. The second-order valence-corrected chi connectivity index (χ2v) is 6.03. The molecule has 0 amide bonds. The number of Topliss-reactive ketones (excluding diaryl/α,β-unsaturated/α-hetero) is 1. The standard InChI is InChI=1S/C13H20N2OS/c1-9(14)12-4-3-7-15(12)8-11-5-6-13(17-11)10(2)16/h5-6,9,12H,3-4,7-8,14H2,1-2H3/t9-,12-/m1/s1. The Balaban J connectivity index is 2.02. The third-order valence-corrected chi connectivity index (χ3v) is 4.56. The molecule has 2 N–H and O–H groups in total. The van der Waals surface area contributed by atoms with Gasteiger partial charge in [-0.05, 0) is 45.4 Å². The molecule has 1 aliphatic heterocycles. The Morgan fingerprint density at radius 1 is 1.65 bits per heavy atom. The summed E-state index contributed by atoms with van der Waals surface area (Å²) >= 11 is 1.61. The molecule has 0 spiro atoms. The van der Waals surface area contributed by atoms with Gasteiger partial charge in [0.2, 0.25) is 0 Å². The SMILES string of the molecule is CC(=O)c1ccc(CN2CCC[C@@H]2[C@@H](C)N)s1. The number of nitrogens with zero attached hydrogens (tertiary/aromatic N) is 1. The molecule has 1 aliphatic rings. The number of thiophene rings is 1. The van der Waals surface area contributed by atoms with Gasteiger partial charge in [0.05, 0.1) is 4.88 Å². The van der Waals surface area contributed by atoms with Crippen LogP contribution in [0.15, 0.2) is 12.1 Å². The van der Waals surface area contributed by atoms with E-state index in [1.54, 1.807) is 18.3 Å². The van der Waals surface area contributed by atoms with Gasteiger partial charge in [-0.25, -0.2) is 0 Å². The first-order chi connectivity index (χ1) is 8.08. The molecule has 94 valence electrons. The Kier molecular flexibility index (Phi) is 3.97. The lowest BCUT2D eigenvalue weighted by molar-refractivity contribution is 0.102. The summed E-state index contributed by atoms with van der Waals surface area (Å²) in [6.45, 7) is 5.76. The molecule has 3 nitrogen and oxygen atoms in total. The molecule has 0 aliphatic carbocycles. The molecule has 17 heavy (non-hydrogen) atoms. The number of hydrogen-bond acceptors (Lipinski definition) is 4. The van der Waals surface area contributed by atoms with Crippen LogP contribution >= 0.6 is 11.3 Å². The molecule has 0 bridgehead atoms. The maximum atomic E-state index is 11.2. The average Bonchev–Trinajstić information content (AvgIpc) is 2.86. The smallest absolute Gasteiger partial charge is 0.169 e. The van der Waals surface area contributed by atoms with Crippen LogP contribution in [0.5, 0.6) is 0 Å². The molecule has 1 fully saturated rings. The molecule has 0 aromatic carbocycles. The molecular formula is C13H20N2OS. The lowest BCUT2D eigenvalue weighted by Gasteiger charge is -2.26. The molecule has 1 aromatic heterocycles. The summed E-state index contributed by atoms with van der Waals surface area (Å²) in [6, 6.07) is 4.72. The van der Waals surface area contributed by atoms with Crippen LogP contribution in [-0.4, -0.2) is 29.3 Å². The summed E-state index contributed by atoms with van der Waals surface area (Å²) in [5, 5.41) is 0. The van der Waals surface area contributed by atoms with Gasteiger partial charge >= 0.3 is 0 Å². The third-order valence-electron chi connectivity index (χ3n) is 3.39. The molecule has 0 saturated carbocycles. The largest absolute Gasteiger partial charge is 0.327 e. The van der Waals surface area contributed by atoms with Crippen molar-refractivity contribution in [2.24, 2.45) is 5.73 Å². The van der Waals surface area contributed by atoms with E-state index < -0.39 is 0 Å². The topological polar surface area (TPSA) is 46.3 Å². The van der Waals surface area contributed by atoms with E-state index in [0.717, 1.165) is 18.0 Å². The van der Waals surface area contributed by atoms with E-state index in [2.05, 4.69) is 17.9 Å². The Labute approximate surface area is 107 Å². The molecule has 2 heterocycles. The second-order valence-electron chi connectivity index (χ2n) is 4.86. The van der Waals surface area contributed by atoms with Gasteiger partial charge in [-0.2, -0.15) is 0 Å². The summed E-state index contributed by atoms with van der Waals surface area (Å²) in [6.07, 6.45) is 2.43. The van der Waals surface area contributed by atoms with Crippen LogP contribution in [0.4, 0.5) is 0 Å². The van der Waals surface area contributed by atoms with Gasteiger partial charge in [-0.3, -0.25) is 9.69 Å². The van der Waals surface area contributed by atoms with Gasteiger partial charge in [0.25, 0.3) is 0 Å². The summed E-state index contributed by atoms with van der Waals surface area (Å²) < 4.78 is 0. The van der Waals surface area contributed by atoms with E-state index in [1.165, 1.54) is 17.7 Å². The van der Waals surface area contributed by atoms with E-state index >= 15 is 0 Å². The van der Waals surface area contributed by atoms with E-state index in [9.17, 15) is 4.79 Å². The van der Waals surface area contributed by atoms with E-state index in [0.29, 0.717) is 6.04 Å². The summed E-state index contributed by atoms with van der Waals surface area (Å²) in [5.41, 5.74) is 6.00. The molecule has 2 atom stereocenters. The van der Waals surface area contributed by atoms with Crippen molar-refractivity contribution < 1.29 is 4.79 Å². The molecule has 0 radical (unpaired) electrons. The summed E-state index contributed by atoms with van der Waals surface area (Å²) in [5.74, 6) is 0.159. The van der Waals surface area contributed by atoms with Crippen molar-refractivity contribution in [1.29, 1.82) is 0 Å². The summed E-state index contributed by atoms with van der Waals surface area (Å²) in [7, 11) is 0. The van der Waals surface area contributed by atoms with E-state index in [4.69, 9.17) is 5.73 Å². The monoisotopic (exact) mass is 252 g/mol. The van der Waals surface area contributed by atoms with Crippen molar-refractivity contribution in [2.45, 2.75) is 45.3 Å². The van der Waals surface area contributed by atoms with Crippen LogP contribution in [-0.2, 0) is 6.54 Å². The number of ketones is 1. The Morgan fingerprint density at radius 2 is 2.41 bits per heavy atom. The first kappa shape index (κ1) is 12.7. The first-order valence-corrected chi connectivity index (χ1v) is 6.99. The number of carbonyl (C=O) groups excluding carboxylic acids is 1. The van der Waals surface area contributed by atoms with Crippen LogP contribution in [0.25, 0.3) is 0 Å². The van der Waals surface area contributed by atoms with Gasteiger partial charge in [0.15, 0.2) is 5.78 Å². The Morgan fingerprint density at radius 3 is 3.00 bits per heavy atom. The maximum absolute atomic E-state index is 11.2. The highest BCUT2D eigenvalue weighted by Crippen LogP contribution is 2.25. The first-order valence-electron chi connectivity index (χ1n) is 6.17. The van der Waals surface area contributed by atoms with Crippen LogP contribution < -0.4 is 5.73 Å². The normalized spacial score (nSPS) is 22.9.